The van der Waals surface area contributed by atoms with E-state index in [1.165, 1.54) is 0 Å². The summed E-state index contributed by atoms with van der Waals surface area (Å²) in [6.45, 7) is 0.466. The number of benzene rings is 1. The SMILES string of the molecule is NC(=O)C1CCCC(=O)N1Cc1ccccc1. The van der Waals surface area contributed by atoms with E-state index < -0.39 is 11.9 Å². The molecule has 0 aromatic heterocycles. The van der Waals surface area contributed by atoms with Crippen LogP contribution in [0.5, 0.6) is 0 Å². The number of nitrogens with zero attached hydrogens (tertiary/aromatic N) is 1. The predicted octanol–water partition coefficient (Wildman–Crippen LogP) is 1.05. The van der Waals surface area contributed by atoms with Crippen molar-refractivity contribution in [3.8, 4) is 0 Å². The molecule has 17 heavy (non-hydrogen) atoms. The third kappa shape index (κ3) is 2.64. The molecule has 2 amide bonds. The maximum absolute atomic E-state index is 11.8. The van der Waals surface area contributed by atoms with Crippen molar-refractivity contribution in [3.05, 3.63) is 35.9 Å². The molecule has 1 aliphatic heterocycles. The van der Waals surface area contributed by atoms with Crippen LogP contribution in [0.15, 0.2) is 30.3 Å². The summed E-state index contributed by atoms with van der Waals surface area (Å²) in [5, 5.41) is 0. The molecule has 2 rings (SSSR count). The molecule has 0 saturated carbocycles. The summed E-state index contributed by atoms with van der Waals surface area (Å²) in [4.78, 5) is 24.8. The first-order valence-electron chi connectivity index (χ1n) is 5.81. The van der Waals surface area contributed by atoms with E-state index in [2.05, 4.69) is 0 Å². The standard InChI is InChI=1S/C13H16N2O2/c14-13(17)11-7-4-8-12(16)15(11)9-10-5-2-1-3-6-10/h1-3,5-6,11H,4,7-9H2,(H2,14,17). The summed E-state index contributed by atoms with van der Waals surface area (Å²) in [7, 11) is 0. The Morgan fingerprint density at radius 1 is 1.35 bits per heavy atom. The van der Waals surface area contributed by atoms with Gasteiger partial charge < -0.3 is 10.6 Å². The highest BCUT2D eigenvalue weighted by Crippen LogP contribution is 2.20. The molecular formula is C13H16N2O2. The predicted molar refractivity (Wildman–Crippen MR) is 63.8 cm³/mol. The van der Waals surface area contributed by atoms with E-state index in [4.69, 9.17) is 5.73 Å². The first-order chi connectivity index (χ1) is 8.18. The molecule has 2 N–H and O–H groups in total. The van der Waals surface area contributed by atoms with Gasteiger partial charge >= 0.3 is 0 Å². The molecule has 90 valence electrons. The Hall–Kier alpha value is -1.84. The number of hydrogen-bond acceptors (Lipinski definition) is 2. The van der Waals surface area contributed by atoms with E-state index in [1.54, 1.807) is 4.90 Å². The zero-order chi connectivity index (χ0) is 12.3. The Labute approximate surface area is 100 Å². The van der Waals surface area contributed by atoms with Gasteiger partial charge in [-0.25, -0.2) is 0 Å². The van der Waals surface area contributed by atoms with E-state index in [9.17, 15) is 9.59 Å². The molecule has 1 unspecified atom stereocenters. The average molecular weight is 232 g/mol. The largest absolute Gasteiger partial charge is 0.368 e. The minimum absolute atomic E-state index is 0.0175. The second-order valence-electron chi connectivity index (χ2n) is 4.32. The van der Waals surface area contributed by atoms with Crippen molar-refractivity contribution < 1.29 is 9.59 Å². The lowest BCUT2D eigenvalue weighted by molar-refractivity contribution is -0.143. The molecule has 1 aromatic rings. The van der Waals surface area contributed by atoms with Gasteiger partial charge in [0.1, 0.15) is 6.04 Å². The summed E-state index contributed by atoms with van der Waals surface area (Å²) in [5.74, 6) is -0.391. The maximum atomic E-state index is 11.8. The summed E-state index contributed by atoms with van der Waals surface area (Å²) >= 11 is 0. The molecule has 0 bridgehead atoms. The van der Waals surface area contributed by atoms with Crippen molar-refractivity contribution in [1.29, 1.82) is 0 Å². The van der Waals surface area contributed by atoms with Crippen LogP contribution in [0.2, 0.25) is 0 Å². The van der Waals surface area contributed by atoms with Crippen LogP contribution < -0.4 is 5.73 Å². The van der Waals surface area contributed by atoms with Crippen molar-refractivity contribution in [2.45, 2.75) is 31.8 Å². The minimum Gasteiger partial charge on any atom is -0.368 e. The quantitative estimate of drug-likeness (QED) is 0.846. The third-order valence-electron chi connectivity index (χ3n) is 3.09. The fourth-order valence-corrected chi connectivity index (χ4v) is 2.19. The van der Waals surface area contributed by atoms with Crippen LogP contribution >= 0.6 is 0 Å². The van der Waals surface area contributed by atoms with Gasteiger partial charge in [0.25, 0.3) is 0 Å². The van der Waals surface area contributed by atoms with Crippen LogP contribution in [0.4, 0.5) is 0 Å². The number of carbonyl (C=O) groups is 2. The van der Waals surface area contributed by atoms with Crippen molar-refractivity contribution in [2.75, 3.05) is 0 Å². The van der Waals surface area contributed by atoms with Gasteiger partial charge in [-0.05, 0) is 18.4 Å². The number of rotatable bonds is 3. The van der Waals surface area contributed by atoms with Crippen LogP contribution in [-0.4, -0.2) is 22.8 Å². The number of primary amides is 1. The van der Waals surface area contributed by atoms with Gasteiger partial charge in [-0.3, -0.25) is 9.59 Å². The van der Waals surface area contributed by atoms with Gasteiger partial charge in [-0.2, -0.15) is 0 Å². The number of carbonyl (C=O) groups excluding carboxylic acids is 2. The maximum Gasteiger partial charge on any atom is 0.240 e. The lowest BCUT2D eigenvalue weighted by Gasteiger charge is -2.33. The van der Waals surface area contributed by atoms with E-state index in [0.29, 0.717) is 19.4 Å². The topological polar surface area (TPSA) is 63.4 Å². The van der Waals surface area contributed by atoms with Crippen molar-refractivity contribution in [1.82, 2.24) is 4.90 Å². The highest BCUT2D eigenvalue weighted by molar-refractivity contribution is 5.87. The first-order valence-corrected chi connectivity index (χ1v) is 5.81. The molecular weight excluding hydrogens is 216 g/mol. The van der Waals surface area contributed by atoms with Gasteiger partial charge in [0.15, 0.2) is 0 Å². The Morgan fingerprint density at radius 2 is 2.06 bits per heavy atom. The highest BCUT2D eigenvalue weighted by Gasteiger charge is 2.31. The van der Waals surface area contributed by atoms with Gasteiger partial charge in [0.05, 0.1) is 0 Å². The van der Waals surface area contributed by atoms with E-state index >= 15 is 0 Å². The summed E-state index contributed by atoms with van der Waals surface area (Å²) in [6.07, 6.45) is 1.93. The second-order valence-corrected chi connectivity index (χ2v) is 4.32. The van der Waals surface area contributed by atoms with Gasteiger partial charge in [0, 0.05) is 13.0 Å². The van der Waals surface area contributed by atoms with Gasteiger partial charge in [-0.1, -0.05) is 30.3 Å². The van der Waals surface area contributed by atoms with Crippen LogP contribution in [0.25, 0.3) is 0 Å². The molecule has 0 radical (unpaired) electrons. The van der Waals surface area contributed by atoms with Gasteiger partial charge in [-0.15, -0.1) is 0 Å². The van der Waals surface area contributed by atoms with Crippen molar-refractivity contribution in [2.24, 2.45) is 5.73 Å². The Bertz CT molecular complexity index is 417. The van der Waals surface area contributed by atoms with Crippen molar-refractivity contribution >= 4 is 11.8 Å². The summed E-state index contributed by atoms with van der Waals surface area (Å²) in [5.41, 5.74) is 6.36. The molecule has 1 aliphatic rings. The van der Waals surface area contributed by atoms with E-state index in [1.807, 2.05) is 30.3 Å². The summed E-state index contributed by atoms with van der Waals surface area (Å²) < 4.78 is 0. The molecule has 4 nitrogen and oxygen atoms in total. The lowest BCUT2D eigenvalue weighted by Crippen LogP contribution is -2.49. The van der Waals surface area contributed by atoms with Crippen molar-refractivity contribution in [3.63, 3.8) is 0 Å². The van der Waals surface area contributed by atoms with Crippen LogP contribution in [0.3, 0.4) is 0 Å². The monoisotopic (exact) mass is 232 g/mol. The van der Waals surface area contributed by atoms with E-state index in [-0.39, 0.29) is 5.91 Å². The number of likely N-dealkylation sites (tertiary alicyclic amines) is 1. The second kappa shape index (κ2) is 4.99. The van der Waals surface area contributed by atoms with Crippen LogP contribution in [-0.2, 0) is 16.1 Å². The number of piperidine rings is 1. The third-order valence-corrected chi connectivity index (χ3v) is 3.09. The Kier molecular flexibility index (Phi) is 3.42. The fourth-order valence-electron chi connectivity index (χ4n) is 2.19. The number of hydrogen-bond donors (Lipinski definition) is 1. The Balaban J connectivity index is 2.15. The van der Waals surface area contributed by atoms with Crippen LogP contribution in [0.1, 0.15) is 24.8 Å². The smallest absolute Gasteiger partial charge is 0.240 e. The molecule has 0 aliphatic carbocycles. The molecule has 4 heteroatoms. The molecule has 1 aromatic carbocycles. The molecule has 1 fully saturated rings. The first kappa shape index (κ1) is 11.6. The molecule has 1 saturated heterocycles. The number of nitrogens with two attached hydrogens (primary N) is 1. The van der Waals surface area contributed by atoms with E-state index in [0.717, 1.165) is 12.0 Å². The zero-order valence-electron chi connectivity index (χ0n) is 9.63. The molecule has 0 spiro atoms. The normalized spacial score (nSPS) is 20.4. The minimum atomic E-state index is -0.448. The Morgan fingerprint density at radius 3 is 2.71 bits per heavy atom. The lowest BCUT2D eigenvalue weighted by atomic mass is 10.00. The average Bonchev–Trinajstić information content (AvgIpc) is 2.33. The molecule has 1 heterocycles. The number of amides is 2. The highest BCUT2D eigenvalue weighted by atomic mass is 16.2. The molecule has 1 atom stereocenters. The zero-order valence-corrected chi connectivity index (χ0v) is 9.63. The van der Waals surface area contributed by atoms with Gasteiger partial charge in [0.2, 0.25) is 11.8 Å². The van der Waals surface area contributed by atoms with Crippen LogP contribution in [0, 0.1) is 0 Å². The fraction of sp³-hybridized carbons (Fsp3) is 0.385. The summed E-state index contributed by atoms with van der Waals surface area (Å²) in [6, 6.07) is 9.20.